The molecule has 1 amide bonds. The highest BCUT2D eigenvalue weighted by Gasteiger charge is 2.28. The minimum absolute atomic E-state index is 0.237. The number of amides is 1. The molecule has 0 aromatic heterocycles. The van der Waals surface area contributed by atoms with Gasteiger partial charge in [-0.2, -0.15) is 0 Å². The van der Waals surface area contributed by atoms with Crippen LogP contribution in [0.15, 0.2) is 0 Å². The number of primary amides is 1. The molecule has 0 heterocycles. The summed E-state index contributed by atoms with van der Waals surface area (Å²) in [5, 5.41) is 0. The number of carbonyl (C=O) groups excluding carboxylic acids is 1. The van der Waals surface area contributed by atoms with E-state index in [0.717, 1.165) is 13.0 Å². The average molecular weight is 171 g/mol. The molecule has 0 atom stereocenters. The molecule has 70 valence electrons. The zero-order valence-corrected chi connectivity index (χ0v) is 7.33. The number of nitrogens with zero attached hydrogens (tertiary/aromatic N) is 1. The molecule has 12 heavy (non-hydrogen) atoms. The summed E-state index contributed by atoms with van der Waals surface area (Å²) >= 11 is 0. The van der Waals surface area contributed by atoms with Crippen LogP contribution >= 0.6 is 0 Å². The predicted molar refractivity (Wildman–Crippen MR) is 47.5 cm³/mol. The van der Waals surface area contributed by atoms with Crippen LogP contribution in [0.2, 0.25) is 0 Å². The Hall–Kier alpha value is -0.610. The second-order valence-corrected chi connectivity index (χ2v) is 3.31. The monoisotopic (exact) mass is 171 g/mol. The van der Waals surface area contributed by atoms with Crippen LogP contribution in [0.25, 0.3) is 0 Å². The van der Waals surface area contributed by atoms with Gasteiger partial charge in [-0.3, -0.25) is 9.69 Å². The highest BCUT2D eigenvalue weighted by Crippen LogP contribution is 2.26. The molecule has 1 aliphatic carbocycles. The molecule has 1 fully saturated rings. The third kappa shape index (κ3) is 3.19. The lowest BCUT2D eigenvalue weighted by atomic mass is 10.3. The van der Waals surface area contributed by atoms with Gasteiger partial charge >= 0.3 is 0 Å². The minimum atomic E-state index is -0.237. The first-order chi connectivity index (χ1) is 5.74. The highest BCUT2D eigenvalue weighted by atomic mass is 16.1. The van der Waals surface area contributed by atoms with Crippen LogP contribution in [0.1, 0.15) is 19.3 Å². The van der Waals surface area contributed by atoms with Crippen molar-refractivity contribution in [1.82, 2.24) is 4.90 Å². The van der Waals surface area contributed by atoms with E-state index in [4.69, 9.17) is 11.5 Å². The lowest BCUT2D eigenvalue weighted by Crippen LogP contribution is -2.36. The Morgan fingerprint density at radius 3 is 2.58 bits per heavy atom. The van der Waals surface area contributed by atoms with Crippen LogP contribution in [0.4, 0.5) is 0 Å². The molecule has 0 radical (unpaired) electrons. The van der Waals surface area contributed by atoms with Gasteiger partial charge in [-0.15, -0.1) is 0 Å². The molecule has 1 aliphatic rings. The van der Waals surface area contributed by atoms with Crippen molar-refractivity contribution < 1.29 is 4.79 Å². The third-order valence-electron chi connectivity index (χ3n) is 2.07. The fourth-order valence-corrected chi connectivity index (χ4v) is 1.32. The maximum Gasteiger partial charge on any atom is 0.231 e. The predicted octanol–water partition coefficient (Wildman–Crippen LogP) is -0.715. The van der Waals surface area contributed by atoms with Crippen molar-refractivity contribution in [2.75, 3.05) is 19.6 Å². The third-order valence-corrected chi connectivity index (χ3v) is 2.07. The lowest BCUT2D eigenvalue weighted by molar-refractivity contribution is -0.119. The van der Waals surface area contributed by atoms with Crippen LogP contribution in [0, 0.1) is 0 Å². The van der Waals surface area contributed by atoms with Gasteiger partial charge in [0.05, 0.1) is 6.54 Å². The fraction of sp³-hybridized carbons (Fsp3) is 0.875. The molecule has 0 unspecified atom stereocenters. The van der Waals surface area contributed by atoms with Gasteiger partial charge in [0.15, 0.2) is 0 Å². The zero-order chi connectivity index (χ0) is 8.97. The molecule has 0 bridgehead atoms. The Bertz CT molecular complexity index is 156. The number of nitrogens with two attached hydrogens (primary N) is 2. The van der Waals surface area contributed by atoms with E-state index in [0.29, 0.717) is 19.1 Å². The second kappa shape index (κ2) is 4.42. The second-order valence-electron chi connectivity index (χ2n) is 3.31. The first kappa shape index (κ1) is 9.48. The lowest BCUT2D eigenvalue weighted by Gasteiger charge is -2.19. The molecule has 0 aromatic rings. The largest absolute Gasteiger partial charge is 0.369 e. The van der Waals surface area contributed by atoms with Gasteiger partial charge in [0.2, 0.25) is 5.91 Å². The number of hydrogen-bond acceptors (Lipinski definition) is 3. The molecule has 0 spiro atoms. The standard InChI is InChI=1S/C8H17N3O/c9-4-1-5-11(6-8(10)12)7-2-3-7/h7H,1-6,9H2,(H2,10,12). The Morgan fingerprint density at radius 2 is 2.17 bits per heavy atom. The first-order valence-electron chi connectivity index (χ1n) is 4.46. The van der Waals surface area contributed by atoms with Gasteiger partial charge < -0.3 is 11.5 Å². The summed E-state index contributed by atoms with van der Waals surface area (Å²) in [4.78, 5) is 12.8. The van der Waals surface area contributed by atoms with Gasteiger partial charge in [0.25, 0.3) is 0 Å². The minimum Gasteiger partial charge on any atom is -0.369 e. The molecular weight excluding hydrogens is 154 g/mol. The number of hydrogen-bond donors (Lipinski definition) is 2. The quantitative estimate of drug-likeness (QED) is 0.554. The smallest absolute Gasteiger partial charge is 0.231 e. The van der Waals surface area contributed by atoms with Crippen molar-refractivity contribution in [1.29, 1.82) is 0 Å². The topological polar surface area (TPSA) is 72.3 Å². The van der Waals surface area contributed by atoms with Crippen molar-refractivity contribution in [3.8, 4) is 0 Å². The van der Waals surface area contributed by atoms with Crippen molar-refractivity contribution >= 4 is 5.91 Å². The molecule has 4 N–H and O–H groups in total. The van der Waals surface area contributed by atoms with Crippen molar-refractivity contribution in [3.05, 3.63) is 0 Å². The van der Waals surface area contributed by atoms with E-state index in [2.05, 4.69) is 4.90 Å². The Labute approximate surface area is 72.9 Å². The Kier molecular flexibility index (Phi) is 3.49. The zero-order valence-electron chi connectivity index (χ0n) is 7.33. The summed E-state index contributed by atoms with van der Waals surface area (Å²) in [7, 11) is 0. The SMILES string of the molecule is NCCCN(CC(N)=O)C1CC1. The van der Waals surface area contributed by atoms with Gasteiger partial charge in [0, 0.05) is 12.6 Å². The average Bonchev–Trinajstić information content (AvgIpc) is 2.79. The van der Waals surface area contributed by atoms with E-state index in [1.165, 1.54) is 12.8 Å². The molecule has 1 saturated carbocycles. The number of carbonyl (C=O) groups is 1. The van der Waals surface area contributed by atoms with E-state index in [-0.39, 0.29) is 5.91 Å². The normalized spacial score (nSPS) is 16.8. The summed E-state index contributed by atoms with van der Waals surface area (Å²) in [6, 6.07) is 0.601. The van der Waals surface area contributed by atoms with E-state index >= 15 is 0 Å². The van der Waals surface area contributed by atoms with Crippen molar-refractivity contribution in [3.63, 3.8) is 0 Å². The van der Waals surface area contributed by atoms with Crippen LogP contribution in [-0.4, -0.2) is 36.5 Å². The molecular formula is C8H17N3O. The highest BCUT2D eigenvalue weighted by molar-refractivity contribution is 5.76. The molecule has 0 aliphatic heterocycles. The summed E-state index contributed by atoms with van der Waals surface area (Å²) in [5.41, 5.74) is 10.5. The van der Waals surface area contributed by atoms with Gasteiger partial charge in [-0.05, 0) is 25.8 Å². The Morgan fingerprint density at radius 1 is 1.50 bits per heavy atom. The molecule has 0 saturated heterocycles. The van der Waals surface area contributed by atoms with Crippen LogP contribution in [0.3, 0.4) is 0 Å². The van der Waals surface area contributed by atoms with E-state index in [1.54, 1.807) is 0 Å². The Balaban J connectivity index is 2.22. The van der Waals surface area contributed by atoms with Gasteiger partial charge in [-0.1, -0.05) is 0 Å². The molecule has 0 aromatic carbocycles. The molecule has 4 nitrogen and oxygen atoms in total. The van der Waals surface area contributed by atoms with E-state index in [1.807, 2.05) is 0 Å². The molecule has 1 rings (SSSR count). The summed E-state index contributed by atoms with van der Waals surface area (Å²) in [6.45, 7) is 1.98. The number of rotatable bonds is 6. The summed E-state index contributed by atoms with van der Waals surface area (Å²) in [5.74, 6) is -0.237. The maximum atomic E-state index is 10.7. The summed E-state index contributed by atoms with van der Waals surface area (Å²) < 4.78 is 0. The van der Waals surface area contributed by atoms with Crippen molar-refractivity contribution in [2.45, 2.75) is 25.3 Å². The van der Waals surface area contributed by atoms with Gasteiger partial charge in [-0.25, -0.2) is 0 Å². The van der Waals surface area contributed by atoms with Gasteiger partial charge in [0.1, 0.15) is 0 Å². The van der Waals surface area contributed by atoms with E-state index < -0.39 is 0 Å². The van der Waals surface area contributed by atoms with Crippen LogP contribution in [-0.2, 0) is 4.79 Å². The maximum absolute atomic E-state index is 10.7. The molecule has 4 heteroatoms. The van der Waals surface area contributed by atoms with Crippen LogP contribution in [0.5, 0.6) is 0 Å². The van der Waals surface area contributed by atoms with E-state index in [9.17, 15) is 4.79 Å². The fourth-order valence-electron chi connectivity index (χ4n) is 1.32. The van der Waals surface area contributed by atoms with Crippen molar-refractivity contribution in [2.24, 2.45) is 11.5 Å². The van der Waals surface area contributed by atoms with Crippen LogP contribution < -0.4 is 11.5 Å². The summed E-state index contributed by atoms with van der Waals surface area (Å²) in [6.07, 6.45) is 3.36. The first-order valence-corrected chi connectivity index (χ1v) is 4.46.